The van der Waals surface area contributed by atoms with Crippen molar-refractivity contribution >= 4 is 11.9 Å². The van der Waals surface area contributed by atoms with Gasteiger partial charge >= 0.3 is 5.97 Å². The Bertz CT molecular complexity index is 475. The van der Waals surface area contributed by atoms with Gasteiger partial charge in [0.2, 0.25) is 0 Å². The number of amides is 1. The van der Waals surface area contributed by atoms with Gasteiger partial charge in [-0.1, -0.05) is 0 Å². The van der Waals surface area contributed by atoms with Crippen LogP contribution >= 0.6 is 0 Å². The summed E-state index contributed by atoms with van der Waals surface area (Å²) in [6, 6.07) is 3.50. The molecular weight excluding hydrogens is 260 g/mol. The first-order valence-electron chi connectivity index (χ1n) is 6.75. The van der Waals surface area contributed by atoms with Crippen LogP contribution in [0.25, 0.3) is 0 Å². The van der Waals surface area contributed by atoms with E-state index < -0.39 is 0 Å². The zero-order valence-corrected chi connectivity index (χ0v) is 11.9. The number of methoxy groups -OCH3 is 1. The molecule has 2 rings (SSSR count). The van der Waals surface area contributed by atoms with Crippen molar-refractivity contribution in [3.8, 4) is 0 Å². The standard InChI is InChI=1S/C14H20N2O4/c1-11-3-4-12(20-11)14(18)16-9-7-15(8-10-16)6-5-13(17)19-2/h3-4H,5-10H2,1-2H3. The normalized spacial score (nSPS) is 16.2. The highest BCUT2D eigenvalue weighted by atomic mass is 16.5. The smallest absolute Gasteiger partial charge is 0.306 e. The first-order chi connectivity index (χ1) is 9.60. The molecule has 0 atom stereocenters. The molecule has 1 aromatic rings. The summed E-state index contributed by atoms with van der Waals surface area (Å²) in [5, 5.41) is 0. The Balaban J connectivity index is 1.79. The number of furan rings is 1. The van der Waals surface area contributed by atoms with Gasteiger partial charge in [0.05, 0.1) is 13.5 Å². The Morgan fingerprint density at radius 1 is 1.25 bits per heavy atom. The highest BCUT2D eigenvalue weighted by Gasteiger charge is 2.24. The van der Waals surface area contributed by atoms with E-state index in [0.717, 1.165) is 18.8 Å². The Hall–Kier alpha value is -1.82. The van der Waals surface area contributed by atoms with E-state index in [-0.39, 0.29) is 11.9 Å². The molecule has 0 saturated carbocycles. The molecule has 0 bridgehead atoms. The van der Waals surface area contributed by atoms with Crippen molar-refractivity contribution in [3.05, 3.63) is 23.7 Å². The van der Waals surface area contributed by atoms with Gasteiger partial charge in [-0.3, -0.25) is 14.5 Å². The van der Waals surface area contributed by atoms with Gasteiger partial charge in [0.1, 0.15) is 5.76 Å². The number of carbonyl (C=O) groups is 2. The van der Waals surface area contributed by atoms with E-state index in [9.17, 15) is 9.59 Å². The molecule has 0 spiro atoms. The van der Waals surface area contributed by atoms with E-state index in [1.807, 2.05) is 6.92 Å². The second-order valence-corrected chi connectivity index (χ2v) is 4.87. The molecule has 1 saturated heterocycles. The van der Waals surface area contributed by atoms with Crippen LogP contribution in [0.5, 0.6) is 0 Å². The molecule has 0 N–H and O–H groups in total. The number of esters is 1. The highest BCUT2D eigenvalue weighted by molar-refractivity contribution is 5.91. The molecule has 0 aromatic carbocycles. The van der Waals surface area contributed by atoms with Gasteiger partial charge in [0.25, 0.3) is 5.91 Å². The average molecular weight is 280 g/mol. The van der Waals surface area contributed by atoms with Gasteiger partial charge in [0.15, 0.2) is 5.76 Å². The van der Waals surface area contributed by atoms with Gasteiger partial charge < -0.3 is 14.1 Å². The van der Waals surface area contributed by atoms with Crippen LogP contribution in [0.1, 0.15) is 22.7 Å². The number of rotatable bonds is 4. The van der Waals surface area contributed by atoms with Gasteiger partial charge in [-0.05, 0) is 19.1 Å². The molecule has 1 amide bonds. The average Bonchev–Trinajstić information content (AvgIpc) is 2.91. The maximum absolute atomic E-state index is 12.2. The van der Waals surface area contributed by atoms with Gasteiger partial charge in [-0.15, -0.1) is 0 Å². The van der Waals surface area contributed by atoms with Gasteiger partial charge in [0, 0.05) is 32.7 Å². The molecule has 0 radical (unpaired) electrons. The number of hydrogen-bond donors (Lipinski definition) is 0. The van der Waals surface area contributed by atoms with Crippen LogP contribution in [-0.4, -0.2) is 61.5 Å². The lowest BCUT2D eigenvalue weighted by molar-refractivity contribution is -0.141. The third kappa shape index (κ3) is 3.60. The van der Waals surface area contributed by atoms with Crippen molar-refractivity contribution in [2.24, 2.45) is 0 Å². The topological polar surface area (TPSA) is 63.0 Å². The van der Waals surface area contributed by atoms with Crippen molar-refractivity contribution in [1.29, 1.82) is 0 Å². The van der Waals surface area contributed by atoms with E-state index in [1.165, 1.54) is 7.11 Å². The maximum Gasteiger partial charge on any atom is 0.306 e. The SMILES string of the molecule is COC(=O)CCN1CCN(C(=O)c2ccc(C)o2)CC1. The highest BCUT2D eigenvalue weighted by Crippen LogP contribution is 2.12. The number of aryl methyl sites for hydroxylation is 1. The van der Waals surface area contributed by atoms with Crippen LogP contribution in [0.3, 0.4) is 0 Å². The Morgan fingerprint density at radius 3 is 2.50 bits per heavy atom. The lowest BCUT2D eigenvalue weighted by Crippen LogP contribution is -2.49. The Labute approximate surface area is 118 Å². The predicted octanol–water partition coefficient (Wildman–Crippen LogP) is 0.909. The van der Waals surface area contributed by atoms with Crippen LogP contribution in [0.2, 0.25) is 0 Å². The van der Waals surface area contributed by atoms with E-state index in [1.54, 1.807) is 17.0 Å². The first kappa shape index (κ1) is 14.6. The summed E-state index contributed by atoms with van der Waals surface area (Å²) in [7, 11) is 1.39. The summed E-state index contributed by atoms with van der Waals surface area (Å²) in [6.45, 7) is 5.33. The summed E-state index contributed by atoms with van der Waals surface area (Å²) in [6.07, 6.45) is 0.391. The molecule has 1 aliphatic rings. The zero-order valence-electron chi connectivity index (χ0n) is 11.9. The molecule has 110 valence electrons. The van der Waals surface area contributed by atoms with Crippen molar-refractivity contribution < 1.29 is 18.7 Å². The van der Waals surface area contributed by atoms with Crippen molar-refractivity contribution in [2.75, 3.05) is 39.8 Å². The van der Waals surface area contributed by atoms with E-state index in [0.29, 0.717) is 31.8 Å². The van der Waals surface area contributed by atoms with E-state index in [2.05, 4.69) is 9.64 Å². The fourth-order valence-electron chi connectivity index (χ4n) is 2.23. The van der Waals surface area contributed by atoms with Crippen LogP contribution in [0.4, 0.5) is 0 Å². The van der Waals surface area contributed by atoms with Crippen LogP contribution in [0.15, 0.2) is 16.5 Å². The minimum atomic E-state index is -0.199. The molecule has 6 nitrogen and oxygen atoms in total. The number of ether oxygens (including phenoxy) is 1. The van der Waals surface area contributed by atoms with Crippen LogP contribution in [0, 0.1) is 6.92 Å². The number of piperazine rings is 1. The number of hydrogen-bond acceptors (Lipinski definition) is 5. The summed E-state index contributed by atoms with van der Waals surface area (Å²) in [4.78, 5) is 27.2. The predicted molar refractivity (Wildman–Crippen MR) is 72.4 cm³/mol. The third-order valence-corrected chi connectivity index (χ3v) is 3.47. The van der Waals surface area contributed by atoms with Gasteiger partial charge in [-0.2, -0.15) is 0 Å². The molecule has 0 aliphatic carbocycles. The third-order valence-electron chi connectivity index (χ3n) is 3.47. The Morgan fingerprint density at radius 2 is 1.95 bits per heavy atom. The second kappa shape index (κ2) is 6.56. The second-order valence-electron chi connectivity index (χ2n) is 4.87. The first-order valence-corrected chi connectivity index (χ1v) is 6.75. The zero-order chi connectivity index (χ0) is 14.5. The minimum Gasteiger partial charge on any atom is -0.469 e. The largest absolute Gasteiger partial charge is 0.469 e. The summed E-state index contributed by atoms with van der Waals surface area (Å²) in [5.41, 5.74) is 0. The fraction of sp³-hybridized carbons (Fsp3) is 0.571. The minimum absolute atomic E-state index is 0.0642. The van der Waals surface area contributed by atoms with Crippen LogP contribution in [-0.2, 0) is 9.53 Å². The molecule has 20 heavy (non-hydrogen) atoms. The van der Waals surface area contributed by atoms with Gasteiger partial charge in [-0.25, -0.2) is 0 Å². The molecule has 6 heteroatoms. The van der Waals surface area contributed by atoms with E-state index >= 15 is 0 Å². The molecule has 1 fully saturated rings. The molecular formula is C14H20N2O4. The fourth-order valence-corrected chi connectivity index (χ4v) is 2.23. The monoisotopic (exact) mass is 280 g/mol. The van der Waals surface area contributed by atoms with Crippen molar-refractivity contribution in [2.45, 2.75) is 13.3 Å². The maximum atomic E-state index is 12.2. The lowest BCUT2D eigenvalue weighted by Gasteiger charge is -2.34. The summed E-state index contributed by atoms with van der Waals surface area (Å²) >= 11 is 0. The molecule has 0 unspecified atom stereocenters. The molecule has 1 aliphatic heterocycles. The van der Waals surface area contributed by atoms with E-state index in [4.69, 9.17) is 4.42 Å². The Kier molecular flexibility index (Phi) is 4.79. The summed E-state index contributed by atoms with van der Waals surface area (Å²) in [5.74, 6) is 0.871. The number of carbonyl (C=O) groups excluding carboxylic acids is 2. The number of nitrogens with zero attached hydrogens (tertiary/aromatic N) is 2. The van der Waals surface area contributed by atoms with Crippen molar-refractivity contribution in [1.82, 2.24) is 9.80 Å². The van der Waals surface area contributed by atoms with Crippen LogP contribution < -0.4 is 0 Å². The quantitative estimate of drug-likeness (QED) is 0.767. The molecule has 2 heterocycles. The molecule has 1 aromatic heterocycles. The summed E-state index contributed by atoms with van der Waals surface area (Å²) < 4.78 is 9.97. The van der Waals surface area contributed by atoms with Crippen molar-refractivity contribution in [3.63, 3.8) is 0 Å². The lowest BCUT2D eigenvalue weighted by atomic mass is 10.2.